The Morgan fingerprint density at radius 3 is 1.57 bits per heavy atom. The smallest absolute Gasteiger partial charge is 0.275 e. The van der Waals surface area contributed by atoms with Gasteiger partial charge < -0.3 is 0 Å². The number of likely N-dealkylation sites (N-methyl/N-ethyl adjacent to an activating group) is 2. The molecule has 0 aromatic carbocycles. The third kappa shape index (κ3) is 4.24. The van der Waals surface area contributed by atoms with Crippen molar-refractivity contribution in [3.8, 4) is 0 Å². The quantitative estimate of drug-likeness (QED) is 0.652. The zero-order chi connectivity index (χ0) is 21.1. The molecule has 8 nitrogen and oxygen atoms in total. The zero-order valence-electron chi connectivity index (χ0n) is 17.1. The second-order valence-corrected chi connectivity index (χ2v) is 7.80. The maximum absolute atomic E-state index is 11.9. The lowest BCUT2D eigenvalue weighted by Crippen LogP contribution is -2.34. The molecule has 2 atom stereocenters. The maximum Gasteiger partial charge on any atom is 0.275 e. The van der Waals surface area contributed by atoms with Gasteiger partial charge in [-0.2, -0.15) is 10.2 Å². The van der Waals surface area contributed by atoms with E-state index in [1.54, 1.807) is 0 Å². The number of carbonyl (C=O) groups excluding carboxylic acids is 2. The minimum atomic E-state index is -0.308. The summed E-state index contributed by atoms with van der Waals surface area (Å²) < 4.78 is 0. The van der Waals surface area contributed by atoms with Crippen LogP contribution >= 0.6 is 0 Å². The van der Waals surface area contributed by atoms with Crippen molar-refractivity contribution in [3.63, 3.8) is 0 Å². The zero-order valence-corrected chi connectivity index (χ0v) is 17.1. The summed E-state index contributed by atoms with van der Waals surface area (Å²) in [7, 11) is 4.05. The molecule has 2 amide bonds. The molecule has 2 unspecified atom stereocenters. The largest absolute Gasteiger partial charge is 0.299 e. The summed E-state index contributed by atoms with van der Waals surface area (Å²) in [4.78, 5) is 28.2. The first-order valence-electron chi connectivity index (χ1n) is 9.97. The fourth-order valence-corrected chi connectivity index (χ4v) is 3.78. The molecule has 0 aromatic rings. The standard InChI is InChI=1S/C22H24N6O2/c1-27(13-19-15-7-3-5-9-17(15)21(29)25-23-19)11-12-28(2)14-20-16-8-4-6-10-18(16)22(30)26-24-20/h3-10,17-18H,11-14H2,1-2H3. The van der Waals surface area contributed by atoms with Crippen molar-refractivity contribution in [2.24, 2.45) is 32.3 Å². The van der Waals surface area contributed by atoms with Crippen molar-refractivity contribution in [1.82, 2.24) is 9.80 Å². The van der Waals surface area contributed by atoms with Crippen LogP contribution in [-0.4, -0.2) is 61.9 Å². The van der Waals surface area contributed by atoms with Crippen LogP contribution in [0.1, 0.15) is 0 Å². The number of allylic oxidation sites excluding steroid dienone is 6. The van der Waals surface area contributed by atoms with Gasteiger partial charge in [-0.15, -0.1) is 10.2 Å². The van der Waals surface area contributed by atoms with Crippen molar-refractivity contribution in [2.75, 3.05) is 40.3 Å². The van der Waals surface area contributed by atoms with Crippen molar-refractivity contribution in [2.45, 2.75) is 0 Å². The van der Waals surface area contributed by atoms with E-state index in [0.717, 1.165) is 35.6 Å². The summed E-state index contributed by atoms with van der Waals surface area (Å²) in [6.07, 6.45) is 15.2. The predicted molar refractivity (Wildman–Crippen MR) is 112 cm³/mol. The molecule has 8 heteroatoms. The summed E-state index contributed by atoms with van der Waals surface area (Å²) in [5.41, 5.74) is 3.52. The molecule has 154 valence electrons. The van der Waals surface area contributed by atoms with Crippen molar-refractivity contribution in [3.05, 3.63) is 71.1 Å². The molecule has 0 fully saturated rings. The van der Waals surface area contributed by atoms with Gasteiger partial charge in [-0.1, -0.05) is 48.6 Å². The molecule has 2 heterocycles. The van der Waals surface area contributed by atoms with Crippen LogP contribution in [0, 0.1) is 11.8 Å². The number of fused-ring (bicyclic) bond motifs is 2. The second-order valence-electron chi connectivity index (χ2n) is 7.80. The van der Waals surface area contributed by atoms with Gasteiger partial charge in [-0.25, -0.2) is 0 Å². The molecule has 0 N–H and O–H groups in total. The number of carbonyl (C=O) groups is 2. The van der Waals surface area contributed by atoms with Crippen molar-refractivity contribution < 1.29 is 9.59 Å². The van der Waals surface area contributed by atoms with Crippen LogP contribution in [0.3, 0.4) is 0 Å². The first kappa shape index (κ1) is 20.2. The van der Waals surface area contributed by atoms with Gasteiger partial charge in [-0.3, -0.25) is 19.4 Å². The van der Waals surface area contributed by atoms with Crippen LogP contribution in [0.2, 0.25) is 0 Å². The van der Waals surface area contributed by atoms with E-state index in [1.165, 1.54) is 0 Å². The normalized spacial score (nSPS) is 24.5. The number of hydrogen-bond donors (Lipinski definition) is 0. The Morgan fingerprint density at radius 1 is 0.700 bits per heavy atom. The Balaban J connectivity index is 1.34. The molecule has 0 aromatic heterocycles. The fourth-order valence-electron chi connectivity index (χ4n) is 3.78. The lowest BCUT2D eigenvalue weighted by atomic mass is 9.91. The summed E-state index contributed by atoms with van der Waals surface area (Å²) in [6, 6.07) is 0. The van der Waals surface area contributed by atoms with Crippen LogP contribution in [0.4, 0.5) is 0 Å². The lowest BCUT2D eigenvalue weighted by molar-refractivity contribution is -0.120. The summed E-state index contributed by atoms with van der Waals surface area (Å²) in [5, 5.41) is 15.9. The Labute approximate surface area is 175 Å². The molecule has 0 bridgehead atoms. The van der Waals surface area contributed by atoms with Crippen LogP contribution in [-0.2, 0) is 9.59 Å². The summed E-state index contributed by atoms with van der Waals surface area (Å²) in [5.74, 6) is -1.04. The van der Waals surface area contributed by atoms with Gasteiger partial charge in [0.25, 0.3) is 11.8 Å². The molecule has 2 aliphatic heterocycles. The van der Waals surface area contributed by atoms with E-state index in [-0.39, 0.29) is 23.7 Å². The van der Waals surface area contributed by atoms with Gasteiger partial charge in [0.05, 0.1) is 23.2 Å². The van der Waals surface area contributed by atoms with Crippen LogP contribution in [0.15, 0.2) is 91.6 Å². The number of rotatable bonds is 7. The maximum atomic E-state index is 11.9. The van der Waals surface area contributed by atoms with Gasteiger partial charge in [0.2, 0.25) is 0 Å². The summed E-state index contributed by atoms with van der Waals surface area (Å²) in [6.45, 7) is 2.84. The monoisotopic (exact) mass is 404 g/mol. The predicted octanol–water partition coefficient (Wildman–Crippen LogP) is 2.83. The third-order valence-electron chi connectivity index (χ3n) is 5.49. The highest BCUT2D eigenvalue weighted by molar-refractivity contribution is 5.87. The van der Waals surface area contributed by atoms with Crippen LogP contribution in [0.5, 0.6) is 0 Å². The third-order valence-corrected chi connectivity index (χ3v) is 5.49. The molecule has 0 radical (unpaired) electrons. The van der Waals surface area contributed by atoms with Gasteiger partial charge >= 0.3 is 0 Å². The molecular formula is C22H24N6O2. The number of nitrogens with zero attached hydrogens (tertiary/aromatic N) is 6. The second kappa shape index (κ2) is 8.73. The molecule has 4 aliphatic rings. The fraction of sp³-hybridized carbons (Fsp3) is 0.364. The van der Waals surface area contributed by atoms with Gasteiger partial charge in [0.15, 0.2) is 0 Å². The average Bonchev–Trinajstić information content (AvgIpc) is 2.77. The van der Waals surface area contributed by atoms with Gasteiger partial charge in [-0.05, 0) is 25.2 Å². The highest BCUT2D eigenvalue weighted by Crippen LogP contribution is 2.30. The summed E-state index contributed by atoms with van der Waals surface area (Å²) >= 11 is 0. The molecule has 0 saturated carbocycles. The minimum Gasteiger partial charge on any atom is -0.299 e. The van der Waals surface area contributed by atoms with E-state index in [1.807, 2.05) is 62.7 Å². The lowest BCUT2D eigenvalue weighted by Gasteiger charge is -2.26. The highest BCUT2D eigenvalue weighted by Gasteiger charge is 2.28. The van der Waals surface area contributed by atoms with Crippen LogP contribution in [0.25, 0.3) is 0 Å². The number of hydrogen-bond acceptors (Lipinski definition) is 6. The first-order chi connectivity index (χ1) is 14.5. The number of amides is 2. The minimum absolute atomic E-state index is 0.212. The molecule has 2 aliphatic carbocycles. The van der Waals surface area contributed by atoms with E-state index in [4.69, 9.17) is 0 Å². The van der Waals surface area contributed by atoms with E-state index in [2.05, 4.69) is 30.3 Å². The van der Waals surface area contributed by atoms with Gasteiger partial charge in [0.1, 0.15) is 0 Å². The molecule has 0 saturated heterocycles. The van der Waals surface area contributed by atoms with E-state index < -0.39 is 0 Å². The van der Waals surface area contributed by atoms with E-state index >= 15 is 0 Å². The average molecular weight is 404 g/mol. The Kier molecular flexibility index (Phi) is 5.87. The molecular weight excluding hydrogens is 380 g/mol. The van der Waals surface area contributed by atoms with E-state index in [9.17, 15) is 9.59 Å². The Morgan fingerprint density at radius 2 is 1.13 bits per heavy atom. The Hall–Kier alpha value is -3.10. The van der Waals surface area contributed by atoms with Crippen molar-refractivity contribution >= 4 is 11.8 Å². The van der Waals surface area contributed by atoms with Crippen molar-refractivity contribution in [1.29, 1.82) is 0 Å². The number of azo groups is 2. The SMILES string of the molecule is CN(CCN(C)CC1=C2C=CC=CC2C(=O)N=N1)CC1=C2C=CC=CC2C(=O)N=N1. The first-order valence-corrected chi connectivity index (χ1v) is 9.97. The molecule has 4 rings (SSSR count). The van der Waals surface area contributed by atoms with Gasteiger partial charge in [0, 0.05) is 26.2 Å². The van der Waals surface area contributed by atoms with E-state index in [0.29, 0.717) is 13.1 Å². The van der Waals surface area contributed by atoms with Crippen LogP contribution < -0.4 is 0 Å². The highest BCUT2D eigenvalue weighted by atomic mass is 16.2. The molecule has 0 spiro atoms. The Bertz CT molecular complexity index is 915. The topological polar surface area (TPSA) is 90.1 Å². The molecule has 30 heavy (non-hydrogen) atoms.